The molecule has 1 rings (SSSR count). The lowest BCUT2D eigenvalue weighted by Gasteiger charge is -2.03. The molecule has 0 radical (unpaired) electrons. The first kappa shape index (κ1) is 7.78. The van der Waals surface area contributed by atoms with Crippen molar-refractivity contribution in [1.29, 1.82) is 0 Å². The minimum absolute atomic E-state index is 0.565. The van der Waals surface area contributed by atoms with Gasteiger partial charge in [-0.05, 0) is 12.1 Å². The fraction of sp³-hybridized carbons (Fsp3) is 0.143. The zero-order valence-electron chi connectivity index (χ0n) is 5.77. The van der Waals surface area contributed by atoms with Crippen molar-refractivity contribution in [2.24, 2.45) is 0 Å². The van der Waals surface area contributed by atoms with Gasteiger partial charge in [-0.1, -0.05) is 0 Å². The molecule has 0 bridgehead atoms. The summed E-state index contributed by atoms with van der Waals surface area (Å²) in [5.41, 5.74) is 0. The molecule has 0 aliphatic carbocycles. The van der Waals surface area contributed by atoms with Crippen LogP contribution in [0.4, 0.5) is 8.78 Å². The largest absolute Gasteiger partial charge is 0.505 e. The predicted octanol–water partition coefficient (Wildman–Crippen LogP) is 1.68. The van der Waals surface area contributed by atoms with Crippen LogP contribution in [0.1, 0.15) is 0 Å². The Bertz CT molecular complexity index is 273. The first-order valence-corrected chi connectivity index (χ1v) is 2.87. The Labute approximate surface area is 62.0 Å². The summed E-state index contributed by atoms with van der Waals surface area (Å²) in [5, 5.41) is 8.73. The average molecular weight is 160 g/mol. The zero-order chi connectivity index (χ0) is 8.43. The molecule has 0 amide bonds. The Morgan fingerprint density at radius 3 is 2.45 bits per heavy atom. The molecule has 0 saturated carbocycles. The standard InChI is InChI=1S/C7H6F2O2/c1-11-7-4(8)2-3-5(10)6(7)9/h2-3,10H,1H3. The summed E-state index contributed by atoms with van der Waals surface area (Å²) in [6.07, 6.45) is 0. The molecule has 11 heavy (non-hydrogen) atoms. The number of hydrogen-bond acceptors (Lipinski definition) is 2. The van der Waals surface area contributed by atoms with Crippen LogP contribution in [0.3, 0.4) is 0 Å². The fourth-order valence-corrected chi connectivity index (χ4v) is 0.709. The van der Waals surface area contributed by atoms with E-state index < -0.39 is 23.1 Å². The predicted molar refractivity (Wildman–Crippen MR) is 34.6 cm³/mol. The number of methoxy groups -OCH3 is 1. The molecule has 0 unspecified atom stereocenters. The van der Waals surface area contributed by atoms with E-state index in [1.54, 1.807) is 0 Å². The van der Waals surface area contributed by atoms with Crippen molar-refractivity contribution in [3.63, 3.8) is 0 Å². The van der Waals surface area contributed by atoms with Crippen molar-refractivity contribution in [1.82, 2.24) is 0 Å². The monoisotopic (exact) mass is 160 g/mol. The lowest BCUT2D eigenvalue weighted by molar-refractivity contribution is 0.342. The van der Waals surface area contributed by atoms with Gasteiger partial charge in [0.05, 0.1) is 7.11 Å². The number of aromatic hydroxyl groups is 1. The number of phenols is 1. The molecule has 0 aliphatic rings. The van der Waals surface area contributed by atoms with Crippen molar-refractivity contribution in [2.75, 3.05) is 7.11 Å². The number of phenolic OH excluding ortho intramolecular Hbond substituents is 1. The molecule has 0 atom stereocenters. The molecule has 0 aliphatic heterocycles. The lowest BCUT2D eigenvalue weighted by atomic mass is 10.3. The maximum Gasteiger partial charge on any atom is 0.209 e. The summed E-state index contributed by atoms with van der Waals surface area (Å²) in [6, 6.07) is 1.85. The summed E-state index contributed by atoms with van der Waals surface area (Å²) >= 11 is 0. The summed E-state index contributed by atoms with van der Waals surface area (Å²) < 4.78 is 29.5. The topological polar surface area (TPSA) is 29.5 Å². The Balaban J connectivity index is 3.29. The zero-order valence-corrected chi connectivity index (χ0v) is 5.77. The van der Waals surface area contributed by atoms with Crippen LogP contribution in [0.15, 0.2) is 12.1 Å². The van der Waals surface area contributed by atoms with Gasteiger partial charge in [-0.3, -0.25) is 0 Å². The average Bonchev–Trinajstić information content (AvgIpc) is 1.99. The van der Waals surface area contributed by atoms with E-state index in [4.69, 9.17) is 5.11 Å². The number of ether oxygens (including phenoxy) is 1. The molecule has 1 aromatic rings. The highest BCUT2D eigenvalue weighted by molar-refractivity contribution is 5.35. The number of rotatable bonds is 1. The second-order valence-electron chi connectivity index (χ2n) is 1.91. The number of halogens is 2. The van der Waals surface area contributed by atoms with E-state index in [1.165, 1.54) is 0 Å². The number of hydrogen-bond donors (Lipinski definition) is 1. The highest BCUT2D eigenvalue weighted by Gasteiger charge is 2.12. The molecule has 0 saturated heterocycles. The molecule has 0 spiro atoms. The molecule has 0 aromatic heterocycles. The van der Waals surface area contributed by atoms with Crippen LogP contribution < -0.4 is 4.74 Å². The Hall–Kier alpha value is -1.32. The molecule has 1 aromatic carbocycles. The first-order chi connectivity index (χ1) is 5.16. The van der Waals surface area contributed by atoms with E-state index in [-0.39, 0.29) is 0 Å². The molecule has 2 nitrogen and oxygen atoms in total. The van der Waals surface area contributed by atoms with E-state index in [1.807, 2.05) is 0 Å². The van der Waals surface area contributed by atoms with Crippen molar-refractivity contribution >= 4 is 0 Å². The Morgan fingerprint density at radius 2 is 2.00 bits per heavy atom. The van der Waals surface area contributed by atoms with Crippen LogP contribution >= 0.6 is 0 Å². The van der Waals surface area contributed by atoms with Gasteiger partial charge in [-0.15, -0.1) is 0 Å². The van der Waals surface area contributed by atoms with E-state index in [9.17, 15) is 8.78 Å². The second-order valence-corrected chi connectivity index (χ2v) is 1.91. The molecule has 0 fully saturated rings. The van der Waals surface area contributed by atoms with Gasteiger partial charge in [0.15, 0.2) is 17.3 Å². The summed E-state index contributed by atoms with van der Waals surface area (Å²) in [5.74, 6) is -3.09. The maximum atomic E-state index is 12.6. The van der Waals surface area contributed by atoms with Crippen LogP contribution in [0.2, 0.25) is 0 Å². The van der Waals surface area contributed by atoms with Gasteiger partial charge in [0.2, 0.25) is 5.82 Å². The second kappa shape index (κ2) is 2.74. The van der Waals surface area contributed by atoms with Crippen LogP contribution in [0.25, 0.3) is 0 Å². The third-order valence-corrected chi connectivity index (χ3v) is 1.23. The summed E-state index contributed by atoms with van der Waals surface area (Å²) in [4.78, 5) is 0. The van der Waals surface area contributed by atoms with Gasteiger partial charge in [0.1, 0.15) is 0 Å². The van der Waals surface area contributed by atoms with Gasteiger partial charge in [0, 0.05) is 0 Å². The molecular weight excluding hydrogens is 154 g/mol. The van der Waals surface area contributed by atoms with Gasteiger partial charge in [0.25, 0.3) is 0 Å². The molecular formula is C7H6F2O2. The highest BCUT2D eigenvalue weighted by atomic mass is 19.1. The molecule has 4 heteroatoms. The van der Waals surface area contributed by atoms with Crippen LogP contribution in [-0.4, -0.2) is 12.2 Å². The molecule has 1 N–H and O–H groups in total. The van der Waals surface area contributed by atoms with E-state index in [0.717, 1.165) is 19.2 Å². The third-order valence-electron chi connectivity index (χ3n) is 1.23. The van der Waals surface area contributed by atoms with Crippen molar-refractivity contribution in [3.8, 4) is 11.5 Å². The van der Waals surface area contributed by atoms with Gasteiger partial charge in [-0.2, -0.15) is 4.39 Å². The van der Waals surface area contributed by atoms with Crippen LogP contribution in [-0.2, 0) is 0 Å². The Kier molecular flexibility index (Phi) is 1.94. The van der Waals surface area contributed by atoms with E-state index >= 15 is 0 Å². The maximum absolute atomic E-state index is 12.6. The van der Waals surface area contributed by atoms with Gasteiger partial charge >= 0.3 is 0 Å². The van der Waals surface area contributed by atoms with Gasteiger partial charge in [-0.25, -0.2) is 4.39 Å². The summed E-state index contributed by atoms with van der Waals surface area (Å²) in [6.45, 7) is 0. The van der Waals surface area contributed by atoms with Crippen LogP contribution in [0.5, 0.6) is 11.5 Å². The molecule has 60 valence electrons. The normalized spacial score (nSPS) is 9.73. The van der Waals surface area contributed by atoms with Crippen LogP contribution in [0, 0.1) is 11.6 Å². The quantitative estimate of drug-likeness (QED) is 0.677. The van der Waals surface area contributed by atoms with Crippen molar-refractivity contribution < 1.29 is 18.6 Å². The Morgan fingerprint density at radius 1 is 1.36 bits per heavy atom. The first-order valence-electron chi connectivity index (χ1n) is 2.87. The smallest absolute Gasteiger partial charge is 0.209 e. The van der Waals surface area contributed by atoms with E-state index in [2.05, 4.69) is 4.74 Å². The minimum atomic E-state index is -1.08. The minimum Gasteiger partial charge on any atom is -0.505 e. The lowest BCUT2D eigenvalue weighted by Crippen LogP contribution is -1.91. The fourth-order valence-electron chi connectivity index (χ4n) is 0.709. The molecule has 0 heterocycles. The number of benzene rings is 1. The highest BCUT2D eigenvalue weighted by Crippen LogP contribution is 2.27. The van der Waals surface area contributed by atoms with Crippen molar-refractivity contribution in [3.05, 3.63) is 23.8 Å². The third kappa shape index (κ3) is 1.24. The van der Waals surface area contributed by atoms with Gasteiger partial charge < -0.3 is 9.84 Å². The summed E-state index contributed by atoms with van der Waals surface area (Å²) in [7, 11) is 1.13. The van der Waals surface area contributed by atoms with Crippen molar-refractivity contribution in [2.45, 2.75) is 0 Å². The van der Waals surface area contributed by atoms with E-state index in [0.29, 0.717) is 0 Å². The SMILES string of the molecule is COc1c(F)ccc(O)c1F.